The molecule has 0 aliphatic carbocycles. The van der Waals surface area contributed by atoms with E-state index in [2.05, 4.69) is 20.8 Å². The fourth-order valence-corrected chi connectivity index (χ4v) is 0.543. The molecule has 7 heteroatoms. The van der Waals surface area contributed by atoms with Crippen LogP contribution in [0.4, 0.5) is 0 Å². The standard InChI is InChI=1S/C6H9BrN2O4/c7-3-6(12)13-9-5(11)2-1-4(8)10/h1-3H2,(H2,8,10)(H,9,11). The van der Waals surface area contributed by atoms with Crippen molar-refractivity contribution in [3.63, 3.8) is 0 Å². The monoisotopic (exact) mass is 252 g/mol. The van der Waals surface area contributed by atoms with Crippen molar-refractivity contribution in [3.05, 3.63) is 0 Å². The summed E-state index contributed by atoms with van der Waals surface area (Å²) in [6.07, 6.45) is -0.164. The van der Waals surface area contributed by atoms with Crippen LogP contribution in [0.1, 0.15) is 12.8 Å². The number of rotatable bonds is 4. The summed E-state index contributed by atoms with van der Waals surface area (Å²) in [6, 6.07) is 0. The highest BCUT2D eigenvalue weighted by Crippen LogP contribution is 1.88. The van der Waals surface area contributed by atoms with Crippen molar-refractivity contribution < 1.29 is 19.2 Å². The zero-order chi connectivity index (χ0) is 10.3. The molecule has 13 heavy (non-hydrogen) atoms. The number of alkyl halides is 1. The van der Waals surface area contributed by atoms with Crippen LogP contribution in [-0.2, 0) is 19.2 Å². The van der Waals surface area contributed by atoms with Gasteiger partial charge in [-0.1, -0.05) is 15.9 Å². The number of halogens is 1. The Balaban J connectivity index is 3.52. The van der Waals surface area contributed by atoms with E-state index in [1.807, 2.05) is 5.48 Å². The fraction of sp³-hybridized carbons (Fsp3) is 0.500. The lowest BCUT2D eigenvalue weighted by atomic mass is 10.3. The molecule has 0 saturated carbocycles. The molecule has 2 amide bonds. The van der Waals surface area contributed by atoms with Crippen molar-refractivity contribution in [2.45, 2.75) is 12.8 Å². The van der Waals surface area contributed by atoms with Crippen molar-refractivity contribution >= 4 is 33.7 Å². The molecule has 0 rings (SSSR count). The second-order valence-corrected chi connectivity index (χ2v) is 2.66. The molecule has 0 radical (unpaired) electrons. The smallest absolute Gasteiger partial charge is 0.342 e. The second-order valence-electron chi connectivity index (χ2n) is 2.10. The minimum absolute atomic E-state index is 0.0108. The molecule has 0 bridgehead atoms. The number of carbonyl (C=O) groups excluding carboxylic acids is 3. The summed E-state index contributed by atoms with van der Waals surface area (Å²) in [6.45, 7) is 0. The molecular weight excluding hydrogens is 244 g/mol. The Bertz CT molecular complexity index is 219. The lowest BCUT2D eigenvalue weighted by molar-refractivity contribution is -0.155. The predicted octanol–water partition coefficient (Wildman–Crippen LogP) is -0.779. The van der Waals surface area contributed by atoms with E-state index in [1.165, 1.54) is 0 Å². The zero-order valence-corrected chi connectivity index (χ0v) is 8.30. The van der Waals surface area contributed by atoms with Crippen molar-refractivity contribution in [3.8, 4) is 0 Å². The van der Waals surface area contributed by atoms with E-state index < -0.39 is 17.8 Å². The molecule has 0 spiro atoms. The lowest BCUT2D eigenvalue weighted by Gasteiger charge is -2.02. The Morgan fingerprint density at radius 3 is 2.38 bits per heavy atom. The summed E-state index contributed by atoms with van der Waals surface area (Å²) >= 11 is 2.83. The first kappa shape index (κ1) is 11.9. The highest BCUT2D eigenvalue weighted by Gasteiger charge is 2.06. The second kappa shape index (κ2) is 6.41. The van der Waals surface area contributed by atoms with Gasteiger partial charge in [-0.3, -0.25) is 9.59 Å². The SMILES string of the molecule is NC(=O)CCC(=O)NOC(=O)CBr. The van der Waals surface area contributed by atoms with Crippen LogP contribution in [0.2, 0.25) is 0 Å². The van der Waals surface area contributed by atoms with Crippen LogP contribution >= 0.6 is 15.9 Å². The summed E-state index contributed by atoms with van der Waals surface area (Å²) in [4.78, 5) is 35.7. The molecular formula is C6H9BrN2O4. The number of hydroxylamine groups is 1. The molecule has 0 atom stereocenters. The minimum Gasteiger partial charge on any atom is -0.370 e. The van der Waals surface area contributed by atoms with Crippen molar-refractivity contribution in [2.24, 2.45) is 5.73 Å². The number of primary amides is 1. The van der Waals surface area contributed by atoms with Gasteiger partial charge in [-0.25, -0.2) is 4.79 Å². The normalized spacial score (nSPS) is 9.00. The molecule has 0 heterocycles. The van der Waals surface area contributed by atoms with Gasteiger partial charge in [0.2, 0.25) is 5.91 Å². The highest BCUT2D eigenvalue weighted by molar-refractivity contribution is 9.09. The van der Waals surface area contributed by atoms with E-state index in [0.29, 0.717) is 0 Å². The third kappa shape index (κ3) is 7.26. The van der Waals surface area contributed by atoms with Gasteiger partial charge in [0.05, 0.1) is 0 Å². The first-order valence-corrected chi connectivity index (χ1v) is 4.51. The van der Waals surface area contributed by atoms with E-state index in [1.54, 1.807) is 0 Å². The Kier molecular flexibility index (Phi) is 5.86. The van der Waals surface area contributed by atoms with Gasteiger partial charge in [0.15, 0.2) is 0 Å². The van der Waals surface area contributed by atoms with Crippen LogP contribution in [0.5, 0.6) is 0 Å². The Hall–Kier alpha value is -1.11. The van der Waals surface area contributed by atoms with E-state index in [-0.39, 0.29) is 18.2 Å². The van der Waals surface area contributed by atoms with Crippen LogP contribution in [0.15, 0.2) is 0 Å². The predicted molar refractivity (Wildman–Crippen MR) is 46.5 cm³/mol. The summed E-state index contributed by atoms with van der Waals surface area (Å²) in [5, 5.41) is -0.0108. The number of nitrogens with two attached hydrogens (primary N) is 1. The third-order valence-corrected chi connectivity index (χ3v) is 1.44. The van der Waals surface area contributed by atoms with Gasteiger partial charge in [-0.15, -0.1) is 0 Å². The van der Waals surface area contributed by atoms with Gasteiger partial charge < -0.3 is 10.6 Å². The molecule has 0 unspecified atom stereocenters. The molecule has 0 fully saturated rings. The van der Waals surface area contributed by atoms with Gasteiger partial charge in [-0.2, -0.15) is 5.48 Å². The molecule has 0 aromatic carbocycles. The van der Waals surface area contributed by atoms with Gasteiger partial charge >= 0.3 is 5.97 Å². The maximum Gasteiger partial charge on any atom is 0.342 e. The molecule has 0 aromatic heterocycles. The Morgan fingerprint density at radius 2 is 1.92 bits per heavy atom. The largest absolute Gasteiger partial charge is 0.370 e. The average Bonchev–Trinajstić information content (AvgIpc) is 2.10. The number of hydrogen-bond acceptors (Lipinski definition) is 4. The molecule has 0 aliphatic rings. The average molecular weight is 253 g/mol. The number of nitrogens with one attached hydrogen (secondary N) is 1. The Morgan fingerprint density at radius 1 is 1.31 bits per heavy atom. The first-order valence-electron chi connectivity index (χ1n) is 3.39. The molecule has 6 nitrogen and oxygen atoms in total. The van der Waals surface area contributed by atoms with Gasteiger partial charge in [-0.05, 0) is 0 Å². The summed E-state index contributed by atoms with van der Waals surface area (Å²) in [5.41, 5.74) is 6.65. The van der Waals surface area contributed by atoms with Crippen molar-refractivity contribution in [1.82, 2.24) is 5.48 Å². The lowest BCUT2D eigenvalue weighted by Crippen LogP contribution is -2.28. The fourth-order valence-electron chi connectivity index (χ4n) is 0.429. The van der Waals surface area contributed by atoms with Crippen molar-refractivity contribution in [1.29, 1.82) is 0 Å². The van der Waals surface area contributed by atoms with Crippen LogP contribution in [0.3, 0.4) is 0 Å². The van der Waals surface area contributed by atoms with E-state index in [9.17, 15) is 14.4 Å². The zero-order valence-electron chi connectivity index (χ0n) is 6.71. The van der Waals surface area contributed by atoms with E-state index >= 15 is 0 Å². The van der Waals surface area contributed by atoms with Crippen molar-refractivity contribution in [2.75, 3.05) is 5.33 Å². The summed E-state index contributed by atoms with van der Waals surface area (Å²) < 4.78 is 0. The van der Waals surface area contributed by atoms with Crippen LogP contribution in [0.25, 0.3) is 0 Å². The van der Waals surface area contributed by atoms with E-state index in [4.69, 9.17) is 5.73 Å². The number of carbonyl (C=O) groups is 3. The molecule has 0 saturated heterocycles. The maximum atomic E-state index is 10.8. The molecule has 74 valence electrons. The maximum absolute atomic E-state index is 10.8. The summed E-state index contributed by atoms with van der Waals surface area (Å²) in [7, 11) is 0. The van der Waals surface area contributed by atoms with Crippen LogP contribution < -0.4 is 11.2 Å². The molecule has 3 N–H and O–H groups in total. The Labute approximate surface area is 82.9 Å². The molecule has 0 aliphatic heterocycles. The minimum atomic E-state index is -0.618. The van der Waals surface area contributed by atoms with Gasteiger partial charge in [0.1, 0.15) is 5.33 Å². The topological polar surface area (TPSA) is 98.5 Å². The quantitative estimate of drug-likeness (QED) is 0.507. The number of hydrogen-bond donors (Lipinski definition) is 2. The van der Waals surface area contributed by atoms with Gasteiger partial charge in [0, 0.05) is 12.8 Å². The van der Waals surface area contributed by atoms with Crippen LogP contribution in [0, 0.1) is 0 Å². The summed E-state index contributed by atoms with van der Waals surface area (Å²) in [5.74, 6) is -1.76. The van der Waals surface area contributed by atoms with Crippen LogP contribution in [-0.4, -0.2) is 23.1 Å². The van der Waals surface area contributed by atoms with Gasteiger partial charge in [0.25, 0.3) is 5.91 Å². The number of amides is 2. The van der Waals surface area contributed by atoms with E-state index in [0.717, 1.165) is 0 Å². The first-order chi connectivity index (χ1) is 6.06. The highest BCUT2D eigenvalue weighted by atomic mass is 79.9. The molecule has 0 aromatic rings. The third-order valence-electron chi connectivity index (χ3n) is 0.986.